The van der Waals surface area contributed by atoms with Crippen molar-refractivity contribution in [3.63, 3.8) is 0 Å². The monoisotopic (exact) mass is 461 g/mol. The second-order valence-corrected chi connectivity index (χ2v) is 8.04. The molecule has 1 aliphatic rings. The van der Waals surface area contributed by atoms with Crippen LogP contribution in [-0.4, -0.2) is 35.9 Å². The number of nitrogens with zero attached hydrogens (tertiary/aromatic N) is 2. The Balaban J connectivity index is 1.58. The molecule has 7 nitrogen and oxygen atoms in total. The third-order valence-electron chi connectivity index (χ3n) is 5.63. The zero-order valence-electron chi connectivity index (χ0n) is 18.8. The Morgan fingerprint density at radius 1 is 0.971 bits per heavy atom. The summed E-state index contributed by atoms with van der Waals surface area (Å²) in [5.74, 6) is -0.775. The minimum atomic E-state index is -1.00. The first-order valence-electron chi connectivity index (χ1n) is 10.8. The first-order chi connectivity index (χ1) is 16.4. The van der Waals surface area contributed by atoms with Gasteiger partial charge in [0, 0.05) is 12.2 Å². The van der Waals surface area contributed by atoms with Crippen LogP contribution in [0.3, 0.4) is 0 Å². The van der Waals surface area contributed by atoms with E-state index in [-0.39, 0.29) is 18.7 Å². The Hall–Kier alpha value is -4.20. The second kappa shape index (κ2) is 9.74. The van der Waals surface area contributed by atoms with Gasteiger partial charge in [0.2, 0.25) is 5.91 Å². The van der Waals surface area contributed by atoms with Gasteiger partial charge < -0.3 is 15.0 Å². The van der Waals surface area contributed by atoms with Gasteiger partial charge in [-0.3, -0.25) is 9.59 Å². The molecule has 174 valence electrons. The van der Waals surface area contributed by atoms with Crippen molar-refractivity contribution < 1.29 is 23.5 Å². The van der Waals surface area contributed by atoms with E-state index in [4.69, 9.17) is 4.74 Å². The number of imide groups is 1. The fourth-order valence-corrected chi connectivity index (χ4v) is 3.79. The van der Waals surface area contributed by atoms with E-state index in [0.717, 1.165) is 16.0 Å². The predicted octanol–water partition coefficient (Wildman–Crippen LogP) is 4.51. The third-order valence-corrected chi connectivity index (χ3v) is 5.63. The van der Waals surface area contributed by atoms with Crippen LogP contribution in [0.1, 0.15) is 17.5 Å². The molecule has 3 aromatic carbocycles. The van der Waals surface area contributed by atoms with Crippen molar-refractivity contribution in [2.45, 2.75) is 25.9 Å². The summed E-state index contributed by atoms with van der Waals surface area (Å²) in [4.78, 5) is 41.8. The molecular formula is C26H24FN3O4. The standard InChI is InChI=1S/C26H24FN3O4/c1-17-3-5-18(6-4-17)16-29-23(15-24(31)28-20-9-13-22(34-2)14-10-20)25(32)30(26(29)33)21-11-7-19(27)8-12-21/h3-14,23H,15-16H2,1-2H3,(H,28,31)/t23-/m0/s1. The summed E-state index contributed by atoms with van der Waals surface area (Å²) in [5, 5.41) is 2.76. The van der Waals surface area contributed by atoms with E-state index in [2.05, 4.69) is 5.32 Å². The van der Waals surface area contributed by atoms with Gasteiger partial charge in [-0.25, -0.2) is 14.1 Å². The maximum Gasteiger partial charge on any atom is 0.332 e. The van der Waals surface area contributed by atoms with Crippen molar-refractivity contribution in [2.75, 3.05) is 17.3 Å². The van der Waals surface area contributed by atoms with Crippen LogP contribution in [-0.2, 0) is 16.1 Å². The molecule has 0 bridgehead atoms. The summed E-state index contributed by atoms with van der Waals surface area (Å²) < 4.78 is 18.5. The van der Waals surface area contributed by atoms with Crippen LogP contribution in [0.2, 0.25) is 0 Å². The number of anilines is 2. The first-order valence-corrected chi connectivity index (χ1v) is 10.8. The molecule has 1 N–H and O–H groups in total. The molecule has 0 radical (unpaired) electrons. The molecule has 1 atom stereocenters. The molecule has 0 unspecified atom stereocenters. The zero-order chi connectivity index (χ0) is 24.2. The number of carbonyl (C=O) groups excluding carboxylic acids is 3. The molecule has 0 aliphatic carbocycles. The molecule has 1 heterocycles. The Kier molecular flexibility index (Phi) is 6.58. The van der Waals surface area contributed by atoms with Crippen LogP contribution in [0.4, 0.5) is 20.6 Å². The first kappa shape index (κ1) is 23.0. The van der Waals surface area contributed by atoms with Gasteiger partial charge in [0.1, 0.15) is 17.6 Å². The molecule has 1 aliphatic heterocycles. The highest BCUT2D eigenvalue weighted by Crippen LogP contribution is 2.29. The summed E-state index contributed by atoms with van der Waals surface area (Å²) in [5.41, 5.74) is 2.69. The Bertz CT molecular complexity index is 1190. The molecule has 1 saturated heterocycles. The van der Waals surface area contributed by atoms with Gasteiger partial charge in [-0.15, -0.1) is 0 Å². The van der Waals surface area contributed by atoms with Crippen LogP contribution in [0.25, 0.3) is 0 Å². The minimum Gasteiger partial charge on any atom is -0.497 e. The molecule has 4 rings (SSSR count). The number of benzene rings is 3. The van der Waals surface area contributed by atoms with Crippen molar-refractivity contribution in [1.82, 2.24) is 4.90 Å². The van der Waals surface area contributed by atoms with E-state index in [1.807, 2.05) is 31.2 Å². The van der Waals surface area contributed by atoms with Crippen LogP contribution in [0, 0.1) is 12.7 Å². The molecule has 0 saturated carbocycles. The average molecular weight is 461 g/mol. The molecule has 0 spiro atoms. The lowest BCUT2D eigenvalue weighted by atomic mass is 10.1. The maximum absolute atomic E-state index is 13.4. The van der Waals surface area contributed by atoms with Crippen molar-refractivity contribution in [3.8, 4) is 5.75 Å². The van der Waals surface area contributed by atoms with Crippen LogP contribution in [0.5, 0.6) is 5.75 Å². The summed E-state index contributed by atoms with van der Waals surface area (Å²) >= 11 is 0. The number of methoxy groups -OCH3 is 1. The van der Waals surface area contributed by atoms with Crippen LogP contribution in [0.15, 0.2) is 72.8 Å². The maximum atomic E-state index is 13.4. The number of carbonyl (C=O) groups is 3. The molecule has 8 heteroatoms. The molecule has 34 heavy (non-hydrogen) atoms. The van der Waals surface area contributed by atoms with Gasteiger partial charge in [-0.2, -0.15) is 0 Å². The lowest BCUT2D eigenvalue weighted by molar-refractivity contribution is -0.124. The second-order valence-electron chi connectivity index (χ2n) is 8.04. The molecule has 1 fully saturated rings. The Morgan fingerprint density at radius 3 is 2.24 bits per heavy atom. The fourth-order valence-electron chi connectivity index (χ4n) is 3.79. The smallest absolute Gasteiger partial charge is 0.332 e. The molecular weight excluding hydrogens is 437 g/mol. The number of amides is 4. The lowest BCUT2D eigenvalue weighted by Crippen LogP contribution is -2.37. The highest BCUT2D eigenvalue weighted by atomic mass is 19.1. The number of hydrogen-bond acceptors (Lipinski definition) is 4. The number of nitrogens with one attached hydrogen (secondary N) is 1. The van der Waals surface area contributed by atoms with Gasteiger partial charge in [0.05, 0.1) is 19.2 Å². The van der Waals surface area contributed by atoms with E-state index in [9.17, 15) is 18.8 Å². The van der Waals surface area contributed by atoms with Gasteiger partial charge in [0.25, 0.3) is 5.91 Å². The van der Waals surface area contributed by atoms with Crippen LogP contribution >= 0.6 is 0 Å². The Morgan fingerprint density at radius 2 is 1.62 bits per heavy atom. The summed E-state index contributed by atoms with van der Waals surface area (Å²) in [6.07, 6.45) is -0.222. The third kappa shape index (κ3) is 4.91. The molecule has 0 aromatic heterocycles. The van der Waals surface area contributed by atoms with E-state index >= 15 is 0 Å². The summed E-state index contributed by atoms with van der Waals surface area (Å²) in [6, 6.07) is 17.9. The van der Waals surface area contributed by atoms with Crippen molar-refractivity contribution >= 4 is 29.2 Å². The van der Waals surface area contributed by atoms with Crippen LogP contribution < -0.4 is 15.0 Å². The van der Waals surface area contributed by atoms with Gasteiger partial charge >= 0.3 is 6.03 Å². The zero-order valence-corrected chi connectivity index (χ0v) is 18.8. The largest absolute Gasteiger partial charge is 0.497 e. The van der Waals surface area contributed by atoms with Gasteiger partial charge in [-0.1, -0.05) is 29.8 Å². The number of hydrogen-bond donors (Lipinski definition) is 1. The Labute approximate surface area is 196 Å². The topological polar surface area (TPSA) is 79.0 Å². The van der Waals surface area contributed by atoms with E-state index in [1.165, 1.54) is 29.2 Å². The fraction of sp³-hybridized carbons (Fsp3) is 0.192. The lowest BCUT2D eigenvalue weighted by Gasteiger charge is -2.22. The SMILES string of the molecule is COc1ccc(NC(=O)C[C@H]2C(=O)N(c3ccc(F)cc3)C(=O)N2Cc2ccc(C)cc2)cc1. The molecule has 3 aromatic rings. The van der Waals surface area contributed by atoms with E-state index in [0.29, 0.717) is 11.4 Å². The molecule has 4 amide bonds. The van der Waals surface area contributed by atoms with E-state index in [1.54, 1.807) is 31.4 Å². The van der Waals surface area contributed by atoms with E-state index < -0.39 is 29.7 Å². The highest BCUT2D eigenvalue weighted by molar-refractivity contribution is 6.22. The number of ether oxygens (including phenoxy) is 1. The minimum absolute atomic E-state index is 0.156. The quantitative estimate of drug-likeness (QED) is 0.525. The number of aryl methyl sites for hydroxylation is 1. The predicted molar refractivity (Wildman–Crippen MR) is 126 cm³/mol. The van der Waals surface area contributed by atoms with Crippen molar-refractivity contribution in [1.29, 1.82) is 0 Å². The average Bonchev–Trinajstić information content (AvgIpc) is 3.05. The van der Waals surface area contributed by atoms with Crippen molar-refractivity contribution in [2.24, 2.45) is 0 Å². The number of urea groups is 1. The number of rotatable bonds is 7. The van der Waals surface area contributed by atoms with Gasteiger partial charge in [-0.05, 0) is 61.0 Å². The summed E-state index contributed by atoms with van der Waals surface area (Å²) in [6.45, 7) is 2.11. The van der Waals surface area contributed by atoms with Crippen molar-refractivity contribution in [3.05, 3.63) is 89.7 Å². The van der Waals surface area contributed by atoms with Gasteiger partial charge in [0.15, 0.2) is 0 Å². The normalized spacial score (nSPS) is 15.6. The summed E-state index contributed by atoms with van der Waals surface area (Å²) in [7, 11) is 1.55. The number of halogens is 1. The highest BCUT2D eigenvalue weighted by Gasteiger charge is 2.46.